The van der Waals surface area contributed by atoms with Crippen LogP contribution < -0.4 is 5.56 Å². The van der Waals surface area contributed by atoms with Gasteiger partial charge in [0, 0.05) is 24.7 Å². The van der Waals surface area contributed by atoms with Gasteiger partial charge in [-0.1, -0.05) is 91.0 Å². The van der Waals surface area contributed by atoms with Crippen LogP contribution in [0.3, 0.4) is 0 Å². The first-order chi connectivity index (χ1) is 16.7. The Morgan fingerprint density at radius 2 is 1.32 bits per heavy atom. The van der Waals surface area contributed by atoms with Crippen LogP contribution in [0, 0.1) is 0 Å². The summed E-state index contributed by atoms with van der Waals surface area (Å²) in [5.74, 6) is -0.128. The topological polar surface area (TPSA) is 59.6 Å². The van der Waals surface area contributed by atoms with Crippen LogP contribution >= 0.6 is 0 Å². The summed E-state index contributed by atoms with van der Waals surface area (Å²) in [5, 5.41) is 4.65. The smallest absolute Gasteiger partial charge is 0.280 e. The highest BCUT2D eigenvalue weighted by molar-refractivity contribution is 5.97. The highest BCUT2D eigenvalue weighted by Crippen LogP contribution is 2.27. The minimum atomic E-state index is -0.236. The molecule has 0 unspecified atom stereocenters. The summed E-state index contributed by atoms with van der Waals surface area (Å²) in [6.07, 6.45) is 0. The summed E-state index contributed by atoms with van der Waals surface area (Å²) in [5.41, 5.74) is 5.03. The third kappa shape index (κ3) is 3.40. The number of aromatic nitrogens is 3. The second kappa shape index (κ2) is 8.15. The molecule has 0 saturated heterocycles. The van der Waals surface area contributed by atoms with E-state index in [0.717, 1.165) is 16.7 Å². The molecule has 6 nitrogen and oxygen atoms in total. The average Bonchev–Trinajstić information content (AvgIpc) is 3.47. The molecule has 0 saturated carbocycles. The van der Waals surface area contributed by atoms with Crippen LogP contribution in [-0.2, 0) is 19.6 Å². The molecule has 0 bridgehead atoms. The van der Waals surface area contributed by atoms with Gasteiger partial charge in [0.1, 0.15) is 11.3 Å². The zero-order valence-electron chi connectivity index (χ0n) is 18.5. The molecule has 1 aliphatic rings. The van der Waals surface area contributed by atoms with Crippen LogP contribution in [0.2, 0.25) is 0 Å². The predicted octanol–water partition coefficient (Wildman–Crippen LogP) is 4.37. The zero-order valence-corrected chi connectivity index (χ0v) is 18.5. The molecule has 6 heteroatoms. The Morgan fingerprint density at radius 3 is 1.97 bits per heavy atom. The second-order valence-corrected chi connectivity index (χ2v) is 8.52. The van der Waals surface area contributed by atoms with E-state index < -0.39 is 0 Å². The van der Waals surface area contributed by atoms with E-state index in [-0.39, 0.29) is 18.0 Å². The molecule has 0 aliphatic carbocycles. The molecule has 0 spiro atoms. The zero-order chi connectivity index (χ0) is 23.1. The molecule has 6 rings (SSSR count). The Hall–Kier alpha value is -4.45. The van der Waals surface area contributed by atoms with Crippen molar-refractivity contribution < 1.29 is 4.79 Å². The lowest BCUT2D eigenvalue weighted by Gasteiger charge is -2.16. The quantitative estimate of drug-likeness (QED) is 0.403. The van der Waals surface area contributed by atoms with E-state index in [4.69, 9.17) is 0 Å². The van der Waals surface area contributed by atoms with Crippen LogP contribution in [0.25, 0.3) is 16.9 Å². The number of benzene rings is 3. The van der Waals surface area contributed by atoms with Crippen LogP contribution in [0.4, 0.5) is 0 Å². The number of rotatable bonds is 5. The van der Waals surface area contributed by atoms with Gasteiger partial charge in [-0.25, -0.2) is 0 Å². The number of amides is 1. The fourth-order valence-corrected chi connectivity index (χ4v) is 4.63. The van der Waals surface area contributed by atoms with Crippen molar-refractivity contribution in [3.8, 4) is 11.3 Å². The minimum absolute atomic E-state index is 0.128. The molecule has 5 aromatic rings. The van der Waals surface area contributed by atoms with E-state index in [0.29, 0.717) is 35.7 Å². The summed E-state index contributed by atoms with van der Waals surface area (Å²) < 4.78 is 3.39. The van der Waals surface area contributed by atoms with Crippen molar-refractivity contribution in [3.63, 3.8) is 0 Å². The number of hydrogen-bond acceptors (Lipinski definition) is 3. The van der Waals surface area contributed by atoms with Gasteiger partial charge >= 0.3 is 0 Å². The fourth-order valence-electron chi connectivity index (χ4n) is 4.63. The van der Waals surface area contributed by atoms with Crippen molar-refractivity contribution in [2.24, 2.45) is 0 Å². The third-order valence-corrected chi connectivity index (χ3v) is 6.28. The second-order valence-electron chi connectivity index (χ2n) is 8.52. The SMILES string of the molecule is O=C1c2c(c(=O)n3nc(-c4ccccc4)cc3n2Cc2ccccc2)CN1Cc1ccccc1. The van der Waals surface area contributed by atoms with Crippen LogP contribution in [-0.4, -0.2) is 25.0 Å². The van der Waals surface area contributed by atoms with Gasteiger partial charge in [-0.3, -0.25) is 9.59 Å². The number of fused-ring (bicyclic) bond motifs is 2. The molecule has 1 aliphatic heterocycles. The Bertz CT molecular complexity index is 1550. The van der Waals surface area contributed by atoms with E-state index in [2.05, 4.69) is 5.10 Å². The molecule has 34 heavy (non-hydrogen) atoms. The summed E-state index contributed by atoms with van der Waals surface area (Å²) in [7, 11) is 0. The summed E-state index contributed by atoms with van der Waals surface area (Å²) in [4.78, 5) is 28.9. The van der Waals surface area contributed by atoms with Crippen molar-refractivity contribution in [1.29, 1.82) is 0 Å². The van der Waals surface area contributed by atoms with Crippen molar-refractivity contribution in [3.05, 3.63) is 130 Å². The fraction of sp³-hybridized carbons (Fsp3) is 0.107. The molecule has 3 heterocycles. The van der Waals surface area contributed by atoms with Crippen LogP contribution in [0.1, 0.15) is 27.2 Å². The van der Waals surface area contributed by atoms with Gasteiger partial charge in [0.15, 0.2) is 0 Å². The van der Waals surface area contributed by atoms with E-state index in [1.54, 1.807) is 4.90 Å². The first-order valence-corrected chi connectivity index (χ1v) is 11.3. The van der Waals surface area contributed by atoms with Gasteiger partial charge in [-0.2, -0.15) is 9.61 Å². The van der Waals surface area contributed by atoms with Gasteiger partial charge in [0.2, 0.25) is 0 Å². The van der Waals surface area contributed by atoms with Gasteiger partial charge in [0.25, 0.3) is 11.5 Å². The number of carbonyl (C=O) groups is 1. The molecule has 0 fully saturated rings. The summed E-state index contributed by atoms with van der Waals surface area (Å²) in [6, 6.07) is 31.5. The van der Waals surface area contributed by atoms with Gasteiger partial charge in [-0.05, 0) is 11.1 Å². The first kappa shape index (κ1) is 20.2. The van der Waals surface area contributed by atoms with E-state index in [1.165, 1.54) is 4.52 Å². The highest BCUT2D eigenvalue weighted by atomic mass is 16.2. The largest absolute Gasteiger partial charge is 0.328 e. The lowest BCUT2D eigenvalue weighted by atomic mass is 10.1. The Morgan fingerprint density at radius 1 is 0.735 bits per heavy atom. The first-order valence-electron chi connectivity index (χ1n) is 11.3. The summed E-state index contributed by atoms with van der Waals surface area (Å²) in [6.45, 7) is 1.20. The number of hydrogen-bond donors (Lipinski definition) is 0. The molecular formula is C28H22N4O2. The molecule has 0 N–H and O–H groups in total. The van der Waals surface area contributed by atoms with E-state index in [1.807, 2.05) is 102 Å². The van der Waals surface area contributed by atoms with Gasteiger partial charge in [0.05, 0.1) is 17.8 Å². The van der Waals surface area contributed by atoms with Crippen molar-refractivity contribution in [2.45, 2.75) is 19.6 Å². The Kier molecular flexibility index (Phi) is 4.84. The molecule has 1 amide bonds. The molecule has 0 radical (unpaired) electrons. The number of nitrogens with zero attached hydrogens (tertiary/aromatic N) is 4. The molecular weight excluding hydrogens is 424 g/mol. The van der Waals surface area contributed by atoms with Crippen molar-refractivity contribution >= 4 is 11.6 Å². The Labute approximate surface area is 196 Å². The third-order valence-electron chi connectivity index (χ3n) is 6.28. The predicted molar refractivity (Wildman–Crippen MR) is 130 cm³/mol. The molecule has 0 atom stereocenters. The normalized spacial score (nSPS) is 12.9. The monoisotopic (exact) mass is 446 g/mol. The maximum atomic E-state index is 13.6. The maximum Gasteiger partial charge on any atom is 0.280 e. The van der Waals surface area contributed by atoms with Crippen LogP contribution in [0.5, 0.6) is 0 Å². The maximum absolute atomic E-state index is 13.6. The van der Waals surface area contributed by atoms with Gasteiger partial charge < -0.3 is 9.47 Å². The Balaban J connectivity index is 1.52. The highest BCUT2D eigenvalue weighted by Gasteiger charge is 2.34. The van der Waals surface area contributed by atoms with Crippen molar-refractivity contribution in [2.75, 3.05) is 0 Å². The van der Waals surface area contributed by atoms with E-state index >= 15 is 0 Å². The lowest BCUT2D eigenvalue weighted by molar-refractivity contribution is 0.0759. The molecule has 2 aromatic heterocycles. The average molecular weight is 447 g/mol. The molecule has 3 aromatic carbocycles. The summed E-state index contributed by atoms with van der Waals surface area (Å²) >= 11 is 0. The standard InChI is InChI=1S/C28H22N4O2/c33-27-23-19-30(17-20-10-4-1-5-11-20)28(34)26(23)31(18-21-12-6-2-7-13-21)25-16-24(29-32(25)27)22-14-8-3-9-15-22/h1-16H,17-19H2. The lowest BCUT2D eigenvalue weighted by Crippen LogP contribution is -2.26. The number of carbonyl (C=O) groups excluding carboxylic acids is 1. The molecule has 166 valence electrons. The van der Waals surface area contributed by atoms with E-state index in [9.17, 15) is 9.59 Å². The van der Waals surface area contributed by atoms with Gasteiger partial charge in [-0.15, -0.1) is 0 Å². The van der Waals surface area contributed by atoms with Crippen LogP contribution in [0.15, 0.2) is 102 Å². The minimum Gasteiger partial charge on any atom is -0.328 e. The van der Waals surface area contributed by atoms with Crippen molar-refractivity contribution in [1.82, 2.24) is 19.1 Å².